The molecule has 0 fully saturated rings. The van der Waals surface area contributed by atoms with Gasteiger partial charge < -0.3 is 4.74 Å². The van der Waals surface area contributed by atoms with Crippen LogP contribution in [0.2, 0.25) is 5.02 Å². The first-order valence-electron chi connectivity index (χ1n) is 5.53. The van der Waals surface area contributed by atoms with Crippen molar-refractivity contribution in [2.45, 2.75) is 13.0 Å². The molecule has 92 valence electrons. The molecular formula is C14H12ClNO2. The van der Waals surface area contributed by atoms with Crippen molar-refractivity contribution in [1.82, 2.24) is 4.98 Å². The molecular weight excluding hydrogens is 250 g/mol. The maximum Gasteiger partial charge on any atom is 0.204 e. The minimum atomic E-state index is -0.576. The van der Waals surface area contributed by atoms with Crippen LogP contribution in [0, 0.1) is 0 Å². The molecule has 1 heterocycles. The van der Waals surface area contributed by atoms with Crippen LogP contribution in [-0.4, -0.2) is 16.9 Å². The van der Waals surface area contributed by atoms with Crippen LogP contribution in [0.5, 0.6) is 5.75 Å². The Labute approximate surface area is 110 Å². The normalized spacial score (nSPS) is 11.9. The Kier molecular flexibility index (Phi) is 3.95. The summed E-state index contributed by atoms with van der Waals surface area (Å²) in [6.45, 7) is 1.70. The van der Waals surface area contributed by atoms with E-state index in [-0.39, 0.29) is 5.78 Å². The largest absolute Gasteiger partial charge is 0.483 e. The van der Waals surface area contributed by atoms with E-state index in [9.17, 15) is 4.79 Å². The molecule has 0 spiro atoms. The zero-order valence-electron chi connectivity index (χ0n) is 9.84. The second-order valence-corrected chi connectivity index (χ2v) is 4.26. The van der Waals surface area contributed by atoms with Crippen molar-refractivity contribution in [1.29, 1.82) is 0 Å². The molecule has 0 bridgehead atoms. The Hall–Kier alpha value is -1.87. The summed E-state index contributed by atoms with van der Waals surface area (Å²) in [7, 11) is 0. The maximum atomic E-state index is 12.0. The molecule has 2 rings (SSSR count). The highest BCUT2D eigenvalue weighted by atomic mass is 35.5. The molecule has 0 aliphatic carbocycles. The smallest absolute Gasteiger partial charge is 0.204 e. The molecule has 0 radical (unpaired) electrons. The Morgan fingerprint density at radius 1 is 1.33 bits per heavy atom. The van der Waals surface area contributed by atoms with Crippen molar-refractivity contribution < 1.29 is 9.53 Å². The maximum absolute atomic E-state index is 12.0. The third-order valence-electron chi connectivity index (χ3n) is 2.42. The van der Waals surface area contributed by atoms with Crippen LogP contribution < -0.4 is 4.74 Å². The lowest BCUT2D eigenvalue weighted by Gasteiger charge is -2.13. The van der Waals surface area contributed by atoms with Gasteiger partial charge in [0.05, 0.1) is 0 Å². The summed E-state index contributed by atoms with van der Waals surface area (Å²) in [5.41, 5.74) is 0.534. The van der Waals surface area contributed by atoms with Gasteiger partial charge >= 0.3 is 0 Å². The molecule has 4 heteroatoms. The fraction of sp³-hybridized carbons (Fsp3) is 0.143. The molecule has 0 aliphatic rings. The average molecular weight is 262 g/mol. The molecule has 2 aromatic rings. The van der Waals surface area contributed by atoms with Gasteiger partial charge in [-0.15, -0.1) is 0 Å². The number of aromatic nitrogens is 1. The van der Waals surface area contributed by atoms with Gasteiger partial charge in [-0.2, -0.15) is 0 Å². The Morgan fingerprint density at radius 3 is 2.83 bits per heavy atom. The number of carbonyl (C=O) groups is 1. The number of Topliss-reactive ketones (excluding diaryl/α,β-unsaturated/α-hetero) is 1. The lowest BCUT2D eigenvalue weighted by molar-refractivity contribution is 0.0817. The minimum absolute atomic E-state index is 0.108. The van der Waals surface area contributed by atoms with E-state index in [0.717, 1.165) is 0 Å². The number of ketones is 1. The van der Waals surface area contributed by atoms with E-state index in [1.807, 2.05) is 0 Å². The van der Waals surface area contributed by atoms with Crippen molar-refractivity contribution in [3.63, 3.8) is 0 Å². The van der Waals surface area contributed by atoms with Crippen LogP contribution in [0.4, 0.5) is 0 Å². The van der Waals surface area contributed by atoms with E-state index in [0.29, 0.717) is 16.3 Å². The second kappa shape index (κ2) is 5.65. The van der Waals surface area contributed by atoms with Crippen molar-refractivity contribution >= 4 is 17.4 Å². The lowest BCUT2D eigenvalue weighted by atomic mass is 10.1. The standard InChI is InChI=1S/C14H12ClNO2/c1-10(14(17)11-4-3-7-16-9-11)18-13-6-2-5-12(15)8-13/h2-10H,1H3. The Bertz CT molecular complexity index is 543. The van der Waals surface area contributed by atoms with Crippen molar-refractivity contribution in [2.75, 3.05) is 0 Å². The van der Waals surface area contributed by atoms with Crippen LogP contribution in [-0.2, 0) is 0 Å². The molecule has 18 heavy (non-hydrogen) atoms. The van der Waals surface area contributed by atoms with Gasteiger partial charge in [0, 0.05) is 23.0 Å². The molecule has 0 N–H and O–H groups in total. The van der Waals surface area contributed by atoms with E-state index >= 15 is 0 Å². The summed E-state index contributed by atoms with van der Waals surface area (Å²) in [6, 6.07) is 10.4. The number of halogens is 1. The van der Waals surface area contributed by atoms with Gasteiger partial charge in [0.15, 0.2) is 6.10 Å². The summed E-state index contributed by atoms with van der Waals surface area (Å²) in [4.78, 5) is 15.9. The van der Waals surface area contributed by atoms with Gasteiger partial charge in [-0.3, -0.25) is 9.78 Å². The third-order valence-corrected chi connectivity index (χ3v) is 2.66. The topological polar surface area (TPSA) is 39.2 Å². The van der Waals surface area contributed by atoms with Crippen molar-refractivity contribution in [3.05, 3.63) is 59.4 Å². The number of nitrogens with zero attached hydrogens (tertiary/aromatic N) is 1. The summed E-state index contributed by atoms with van der Waals surface area (Å²) in [6.07, 6.45) is 2.58. The highest BCUT2D eigenvalue weighted by molar-refractivity contribution is 6.30. The van der Waals surface area contributed by atoms with Gasteiger partial charge in [-0.25, -0.2) is 0 Å². The second-order valence-electron chi connectivity index (χ2n) is 3.82. The first kappa shape index (κ1) is 12.6. The van der Waals surface area contributed by atoms with Crippen LogP contribution in [0.3, 0.4) is 0 Å². The quantitative estimate of drug-likeness (QED) is 0.792. The van der Waals surface area contributed by atoms with Gasteiger partial charge in [0.25, 0.3) is 0 Å². The van der Waals surface area contributed by atoms with E-state index in [1.165, 1.54) is 6.20 Å². The molecule has 3 nitrogen and oxygen atoms in total. The molecule has 1 atom stereocenters. The molecule has 1 aromatic heterocycles. The van der Waals surface area contributed by atoms with Crippen LogP contribution >= 0.6 is 11.6 Å². The highest BCUT2D eigenvalue weighted by Gasteiger charge is 2.16. The number of ether oxygens (including phenoxy) is 1. The first-order chi connectivity index (χ1) is 8.66. The first-order valence-corrected chi connectivity index (χ1v) is 5.91. The Balaban J connectivity index is 2.09. The summed E-state index contributed by atoms with van der Waals surface area (Å²) in [5.74, 6) is 0.468. The van der Waals surface area contributed by atoms with Crippen molar-refractivity contribution in [3.8, 4) is 5.75 Å². The summed E-state index contributed by atoms with van der Waals surface area (Å²) < 4.78 is 5.55. The fourth-order valence-corrected chi connectivity index (χ4v) is 1.72. The number of hydrogen-bond acceptors (Lipinski definition) is 3. The van der Waals surface area contributed by atoms with Gasteiger partial charge in [0.1, 0.15) is 5.75 Å². The summed E-state index contributed by atoms with van der Waals surface area (Å²) in [5, 5.41) is 0.577. The molecule has 1 aromatic carbocycles. The minimum Gasteiger partial charge on any atom is -0.483 e. The lowest BCUT2D eigenvalue weighted by Crippen LogP contribution is -2.23. The molecule has 0 amide bonds. The van der Waals surface area contributed by atoms with E-state index < -0.39 is 6.10 Å². The number of carbonyl (C=O) groups excluding carboxylic acids is 1. The SMILES string of the molecule is CC(Oc1cccc(Cl)c1)C(=O)c1cccnc1. The van der Waals surface area contributed by atoms with Crippen LogP contribution in [0.25, 0.3) is 0 Å². The van der Waals surface area contributed by atoms with Gasteiger partial charge in [-0.05, 0) is 37.3 Å². The van der Waals surface area contributed by atoms with Crippen molar-refractivity contribution in [2.24, 2.45) is 0 Å². The number of rotatable bonds is 4. The zero-order chi connectivity index (χ0) is 13.0. The number of hydrogen-bond donors (Lipinski definition) is 0. The van der Waals surface area contributed by atoms with E-state index in [1.54, 1.807) is 49.5 Å². The molecule has 0 saturated carbocycles. The fourth-order valence-electron chi connectivity index (χ4n) is 1.54. The number of benzene rings is 1. The van der Waals surface area contributed by atoms with Gasteiger partial charge in [0.2, 0.25) is 5.78 Å². The van der Waals surface area contributed by atoms with Gasteiger partial charge in [-0.1, -0.05) is 17.7 Å². The molecule has 0 saturated heterocycles. The zero-order valence-corrected chi connectivity index (χ0v) is 10.6. The summed E-state index contributed by atoms with van der Waals surface area (Å²) >= 11 is 5.85. The molecule has 1 unspecified atom stereocenters. The third kappa shape index (κ3) is 3.08. The predicted molar refractivity (Wildman–Crippen MR) is 70.1 cm³/mol. The van der Waals surface area contributed by atoms with E-state index in [4.69, 9.17) is 16.3 Å². The predicted octanol–water partition coefficient (Wildman–Crippen LogP) is 3.39. The van der Waals surface area contributed by atoms with E-state index in [2.05, 4.69) is 4.98 Å². The monoisotopic (exact) mass is 261 g/mol. The van der Waals surface area contributed by atoms with Crippen LogP contribution in [0.1, 0.15) is 17.3 Å². The molecule has 0 aliphatic heterocycles. The highest BCUT2D eigenvalue weighted by Crippen LogP contribution is 2.19. The van der Waals surface area contributed by atoms with Crippen LogP contribution in [0.15, 0.2) is 48.8 Å². The number of pyridine rings is 1. The Morgan fingerprint density at radius 2 is 2.17 bits per heavy atom. The average Bonchev–Trinajstić information content (AvgIpc) is 2.39.